The Bertz CT molecular complexity index is 1210. The molecule has 2 N–H and O–H groups in total. The van der Waals surface area contributed by atoms with Gasteiger partial charge in [0.05, 0.1) is 11.6 Å². The average molecular weight is 546 g/mol. The van der Waals surface area contributed by atoms with Gasteiger partial charge in [0.25, 0.3) is 5.91 Å². The van der Waals surface area contributed by atoms with Crippen molar-refractivity contribution >= 4 is 11.8 Å². The van der Waals surface area contributed by atoms with Gasteiger partial charge in [0.15, 0.2) is 6.10 Å². The van der Waals surface area contributed by atoms with Gasteiger partial charge >= 0.3 is 12.4 Å². The molecule has 0 aromatic heterocycles. The highest BCUT2D eigenvalue weighted by molar-refractivity contribution is 5.98. The minimum atomic E-state index is -4.93. The van der Waals surface area contributed by atoms with Crippen LogP contribution < -0.4 is 5.32 Å². The molecule has 1 unspecified atom stereocenters. The Kier molecular flexibility index (Phi) is 7.48. The Hall–Kier alpha value is -3.15. The third-order valence-corrected chi connectivity index (χ3v) is 6.89. The van der Waals surface area contributed by atoms with Crippen LogP contribution in [0.2, 0.25) is 0 Å². The minimum Gasteiger partial charge on any atom is -0.379 e. The van der Waals surface area contributed by atoms with Crippen molar-refractivity contribution in [3.63, 3.8) is 0 Å². The van der Waals surface area contributed by atoms with Crippen molar-refractivity contribution in [3.05, 3.63) is 70.5 Å². The zero-order valence-electron chi connectivity index (χ0n) is 20.1. The number of likely N-dealkylation sites (tertiary alicyclic amines) is 1. The van der Waals surface area contributed by atoms with Gasteiger partial charge in [-0.1, -0.05) is 25.1 Å². The number of hydrogen-bond acceptors (Lipinski definition) is 3. The number of alkyl halides is 6. The van der Waals surface area contributed by atoms with Gasteiger partial charge in [0, 0.05) is 17.7 Å². The van der Waals surface area contributed by atoms with E-state index in [9.17, 15) is 45.4 Å². The fraction of sp³-hybridized carbons (Fsp3) is 0.462. The lowest BCUT2D eigenvalue weighted by atomic mass is 9.98. The first kappa shape index (κ1) is 27.9. The largest absolute Gasteiger partial charge is 0.418 e. The van der Waals surface area contributed by atoms with Gasteiger partial charge < -0.3 is 15.3 Å². The van der Waals surface area contributed by atoms with Gasteiger partial charge in [-0.2, -0.15) is 26.3 Å². The molecule has 1 saturated carbocycles. The summed E-state index contributed by atoms with van der Waals surface area (Å²) in [6.45, 7) is 1.91. The van der Waals surface area contributed by atoms with E-state index in [0.29, 0.717) is 18.9 Å². The van der Waals surface area contributed by atoms with E-state index in [2.05, 4.69) is 5.32 Å². The number of carbonyl (C=O) groups is 2. The Balaban J connectivity index is 1.55. The molecular weight excluding hydrogens is 521 g/mol. The Labute approximate surface area is 213 Å². The highest BCUT2D eigenvalue weighted by Gasteiger charge is 2.43. The van der Waals surface area contributed by atoms with Gasteiger partial charge in [-0.15, -0.1) is 0 Å². The second-order valence-corrected chi connectivity index (χ2v) is 9.94. The highest BCUT2D eigenvalue weighted by atomic mass is 19.4. The van der Waals surface area contributed by atoms with Crippen molar-refractivity contribution in [1.29, 1.82) is 0 Å². The normalized spacial score (nSPS) is 21.8. The van der Waals surface area contributed by atoms with Gasteiger partial charge in [0.2, 0.25) is 5.91 Å². The summed E-state index contributed by atoms with van der Waals surface area (Å²) >= 11 is 0. The van der Waals surface area contributed by atoms with E-state index in [0.717, 1.165) is 24.3 Å². The second-order valence-electron chi connectivity index (χ2n) is 9.94. The van der Waals surface area contributed by atoms with Crippen LogP contribution in [-0.4, -0.2) is 40.6 Å². The Morgan fingerprint density at radius 1 is 1.05 bits per heavy atom. The molecule has 206 valence electrons. The van der Waals surface area contributed by atoms with Crippen LogP contribution in [0.5, 0.6) is 0 Å². The van der Waals surface area contributed by atoms with Crippen molar-refractivity contribution in [2.75, 3.05) is 6.54 Å². The van der Waals surface area contributed by atoms with Crippen molar-refractivity contribution in [1.82, 2.24) is 10.2 Å². The van der Waals surface area contributed by atoms with Crippen LogP contribution >= 0.6 is 0 Å². The first-order valence-corrected chi connectivity index (χ1v) is 12.0. The van der Waals surface area contributed by atoms with Gasteiger partial charge in [0.1, 0.15) is 11.9 Å². The summed E-state index contributed by atoms with van der Waals surface area (Å²) in [7, 11) is 0. The molecule has 1 saturated heterocycles. The zero-order chi connectivity index (χ0) is 28.0. The number of nitrogens with one attached hydrogen (secondary N) is 1. The number of benzene rings is 2. The van der Waals surface area contributed by atoms with Crippen LogP contribution in [-0.2, 0) is 11.0 Å². The van der Waals surface area contributed by atoms with E-state index in [-0.39, 0.29) is 35.9 Å². The summed E-state index contributed by atoms with van der Waals surface area (Å²) in [5.74, 6) is -2.78. The number of rotatable bonds is 6. The molecule has 0 bridgehead atoms. The smallest absolute Gasteiger partial charge is 0.379 e. The zero-order valence-corrected chi connectivity index (χ0v) is 20.1. The molecule has 4 atom stereocenters. The molecule has 12 heteroatoms. The SMILES string of the molecule is C[C@@H]1C[C@H](C(=O)N[C@@H](c2ccc(C(F)(F)F)cc2F)C2CC2)N(C(=O)c2cccc(C(O)C(F)(F)F)c2)C1. The Morgan fingerprint density at radius 2 is 1.74 bits per heavy atom. The third kappa shape index (κ3) is 5.95. The van der Waals surface area contributed by atoms with Gasteiger partial charge in [-0.3, -0.25) is 9.59 Å². The summed E-state index contributed by atoms with van der Waals surface area (Å²) in [6, 6.07) is 4.63. The predicted molar refractivity (Wildman–Crippen MR) is 121 cm³/mol. The van der Waals surface area contributed by atoms with Crippen molar-refractivity contribution in [2.45, 2.75) is 56.7 Å². The standard InChI is InChI=1S/C26H25F7N2O3/c1-13-9-20(35(12-13)24(38)16-4-2-3-15(10-16)22(36)26(31,32)33)23(37)34-21(14-5-6-14)18-8-7-17(11-19(18)27)25(28,29)30/h2-4,7-8,10-11,13-14,20-22,36H,5-6,9,12H2,1H3,(H,34,37)/t13-,20-,21-,22?/m1/s1. The number of nitrogens with zero attached hydrogens (tertiary/aromatic N) is 1. The molecule has 5 nitrogen and oxygen atoms in total. The molecule has 4 rings (SSSR count). The summed E-state index contributed by atoms with van der Waals surface area (Å²) in [5, 5.41) is 12.3. The van der Waals surface area contributed by atoms with Crippen LogP contribution in [0.15, 0.2) is 42.5 Å². The van der Waals surface area contributed by atoms with Crippen LogP contribution in [0.1, 0.15) is 65.4 Å². The van der Waals surface area contributed by atoms with Crippen molar-refractivity contribution in [3.8, 4) is 0 Å². The molecule has 1 aliphatic carbocycles. The Morgan fingerprint density at radius 3 is 2.32 bits per heavy atom. The summed E-state index contributed by atoms with van der Waals surface area (Å²) < 4.78 is 92.4. The van der Waals surface area contributed by atoms with E-state index in [1.54, 1.807) is 6.92 Å². The molecular formula is C26H25F7N2O3. The van der Waals surface area contributed by atoms with Crippen LogP contribution in [0, 0.1) is 17.7 Å². The fourth-order valence-corrected chi connectivity index (χ4v) is 4.80. The maximum Gasteiger partial charge on any atom is 0.418 e. The number of halogens is 7. The van der Waals surface area contributed by atoms with Crippen LogP contribution in [0.25, 0.3) is 0 Å². The van der Waals surface area contributed by atoms with E-state index in [1.165, 1.54) is 17.0 Å². The monoisotopic (exact) mass is 546 g/mol. The number of carbonyl (C=O) groups excluding carboxylic acids is 2. The lowest BCUT2D eigenvalue weighted by molar-refractivity contribution is -0.206. The summed E-state index contributed by atoms with van der Waals surface area (Å²) in [6.07, 6.45) is -11.0. The first-order chi connectivity index (χ1) is 17.7. The third-order valence-electron chi connectivity index (χ3n) is 6.89. The quantitative estimate of drug-likeness (QED) is 0.467. The topological polar surface area (TPSA) is 69.6 Å². The fourth-order valence-electron chi connectivity index (χ4n) is 4.80. The van der Waals surface area contributed by atoms with Crippen LogP contribution in [0.3, 0.4) is 0 Å². The molecule has 2 fully saturated rings. The van der Waals surface area contributed by atoms with E-state index in [4.69, 9.17) is 0 Å². The summed E-state index contributed by atoms with van der Waals surface area (Å²) in [5.41, 5.74) is -1.92. The number of aliphatic hydroxyl groups excluding tert-OH is 1. The lowest BCUT2D eigenvalue weighted by Crippen LogP contribution is -2.47. The molecule has 2 aromatic rings. The molecule has 1 aliphatic heterocycles. The minimum absolute atomic E-state index is 0.0911. The second kappa shape index (κ2) is 10.2. The lowest BCUT2D eigenvalue weighted by Gasteiger charge is -2.27. The van der Waals surface area contributed by atoms with E-state index >= 15 is 0 Å². The molecule has 38 heavy (non-hydrogen) atoms. The first-order valence-electron chi connectivity index (χ1n) is 12.0. The predicted octanol–water partition coefficient (Wildman–Crippen LogP) is 5.56. The van der Waals surface area contributed by atoms with Crippen molar-refractivity contribution in [2.24, 2.45) is 11.8 Å². The number of amides is 2. The van der Waals surface area contributed by atoms with Gasteiger partial charge in [-0.05, 0) is 60.9 Å². The summed E-state index contributed by atoms with van der Waals surface area (Å²) in [4.78, 5) is 27.8. The molecule has 2 amide bonds. The van der Waals surface area contributed by atoms with E-state index in [1.807, 2.05) is 0 Å². The number of hydrogen-bond donors (Lipinski definition) is 2. The number of aliphatic hydroxyl groups is 1. The van der Waals surface area contributed by atoms with Crippen molar-refractivity contribution < 1.29 is 45.4 Å². The molecule has 2 aliphatic rings. The molecule has 2 aromatic carbocycles. The average Bonchev–Trinajstić information content (AvgIpc) is 3.61. The van der Waals surface area contributed by atoms with Gasteiger partial charge in [-0.25, -0.2) is 4.39 Å². The molecule has 1 heterocycles. The molecule has 0 radical (unpaired) electrons. The van der Waals surface area contributed by atoms with Crippen LogP contribution in [0.4, 0.5) is 30.7 Å². The molecule has 0 spiro atoms. The maximum atomic E-state index is 14.7. The maximum absolute atomic E-state index is 14.7. The van der Waals surface area contributed by atoms with E-state index < -0.39 is 59.3 Å². The highest BCUT2D eigenvalue weighted by Crippen LogP contribution is 2.43.